The Morgan fingerprint density at radius 2 is 0.667 bits per heavy atom. The zero-order valence-corrected chi connectivity index (χ0v) is 21.6. The summed E-state index contributed by atoms with van der Waals surface area (Å²) in [4.78, 5) is 0. The molecule has 0 fully saturated rings. The lowest BCUT2D eigenvalue weighted by Crippen LogP contribution is -2.12. The summed E-state index contributed by atoms with van der Waals surface area (Å²) in [6.45, 7) is 4.98. The van der Waals surface area contributed by atoms with Gasteiger partial charge in [-0.15, -0.1) is 12.4 Å². The Morgan fingerprint density at radius 1 is 0.433 bits per heavy atom. The second-order valence-electron chi connectivity index (χ2n) is 8.42. The summed E-state index contributed by atoms with van der Waals surface area (Å²) in [5.74, 6) is 0. The fourth-order valence-electron chi connectivity index (χ4n) is 3.53. The van der Waals surface area contributed by atoms with E-state index in [-0.39, 0.29) is 25.6 Å². The molecule has 0 unspecified atom stereocenters. The van der Waals surface area contributed by atoms with Gasteiger partial charge in [-0.3, -0.25) is 0 Å². The summed E-state index contributed by atoms with van der Waals surface area (Å²) in [5, 5.41) is 0. The average molecular weight is 471 g/mol. The molecule has 0 bridgehead atoms. The van der Waals surface area contributed by atoms with Gasteiger partial charge < -0.3 is 0 Å². The van der Waals surface area contributed by atoms with E-state index in [0.29, 0.717) is 0 Å². The molecule has 0 heterocycles. The van der Waals surface area contributed by atoms with E-state index >= 15 is 0 Å². The Balaban J connectivity index is 0. The quantitative estimate of drug-likeness (QED) is 0.132. The van der Waals surface area contributed by atoms with E-state index in [9.17, 15) is 8.42 Å². The zero-order chi connectivity index (χ0) is 21.5. The molecule has 0 saturated heterocycles. The minimum Gasteiger partial charge on any atom is -0.248 e. The van der Waals surface area contributed by atoms with Gasteiger partial charge in [-0.25, -0.2) is 8.37 Å². The topological polar surface area (TPSA) is 52.6 Å². The van der Waals surface area contributed by atoms with Gasteiger partial charge in [0.05, 0.1) is 13.2 Å². The van der Waals surface area contributed by atoms with Crippen molar-refractivity contribution in [3.8, 4) is 0 Å². The van der Waals surface area contributed by atoms with Gasteiger partial charge in [-0.1, -0.05) is 129 Å². The second kappa shape index (κ2) is 25.4. The third-order valence-corrected chi connectivity index (χ3v) is 6.36. The number of hydrogen-bond donors (Lipinski definition) is 0. The summed E-state index contributed by atoms with van der Waals surface area (Å²) < 4.78 is 33.3. The van der Waals surface area contributed by atoms with Crippen molar-refractivity contribution in [2.45, 2.75) is 142 Å². The van der Waals surface area contributed by atoms with Crippen LogP contribution in [0.15, 0.2) is 0 Å². The van der Waals surface area contributed by atoms with Crippen molar-refractivity contribution in [1.29, 1.82) is 0 Å². The zero-order valence-electron chi connectivity index (χ0n) is 20.0. The molecule has 0 aromatic carbocycles. The summed E-state index contributed by atoms with van der Waals surface area (Å²) in [7, 11) is -3.80. The van der Waals surface area contributed by atoms with Crippen molar-refractivity contribution in [3.63, 3.8) is 0 Å². The molecule has 4 nitrogen and oxygen atoms in total. The predicted molar refractivity (Wildman–Crippen MR) is 132 cm³/mol. The van der Waals surface area contributed by atoms with Crippen LogP contribution in [0.3, 0.4) is 0 Å². The maximum atomic E-state index is 11.7. The lowest BCUT2D eigenvalue weighted by atomic mass is 10.1. The summed E-state index contributed by atoms with van der Waals surface area (Å²) in [5.41, 5.74) is 0. The first kappa shape index (κ1) is 32.3. The van der Waals surface area contributed by atoms with Crippen LogP contribution in [0, 0.1) is 0 Å². The molecule has 0 N–H and O–H groups in total. The first-order valence-electron chi connectivity index (χ1n) is 12.7. The van der Waals surface area contributed by atoms with E-state index in [1.54, 1.807) is 0 Å². The molecule has 0 radical (unpaired) electrons. The van der Waals surface area contributed by atoms with E-state index in [2.05, 4.69) is 13.8 Å². The van der Waals surface area contributed by atoms with E-state index in [4.69, 9.17) is 8.37 Å². The maximum absolute atomic E-state index is 11.7. The Bertz CT molecular complexity index is 383. The molecule has 0 aliphatic heterocycles. The van der Waals surface area contributed by atoms with Crippen LogP contribution in [0.2, 0.25) is 0 Å². The minimum absolute atomic E-state index is 0. The van der Waals surface area contributed by atoms with Crippen molar-refractivity contribution in [3.05, 3.63) is 0 Å². The summed E-state index contributed by atoms with van der Waals surface area (Å²) >= 11 is 0. The van der Waals surface area contributed by atoms with Crippen LogP contribution in [0.4, 0.5) is 0 Å². The molecule has 0 rings (SSSR count). The minimum atomic E-state index is -3.80. The average Bonchev–Trinajstić information content (AvgIpc) is 2.70. The van der Waals surface area contributed by atoms with Crippen molar-refractivity contribution in [2.75, 3.05) is 13.2 Å². The summed E-state index contributed by atoms with van der Waals surface area (Å²) in [6.07, 6.45) is 24.4. The SMILES string of the molecule is CCCCCCCCCCCCOS(=O)(=O)OCCCCCCCCCCCC.Cl. The normalized spacial score (nSPS) is 11.5. The second-order valence-corrected chi connectivity index (χ2v) is 9.70. The van der Waals surface area contributed by atoms with Crippen LogP contribution in [0.1, 0.15) is 142 Å². The molecule has 0 atom stereocenters. The van der Waals surface area contributed by atoms with Crippen molar-refractivity contribution < 1.29 is 16.8 Å². The molecule has 6 heteroatoms. The summed E-state index contributed by atoms with van der Waals surface area (Å²) in [6, 6.07) is 0. The highest BCUT2D eigenvalue weighted by molar-refractivity contribution is 7.81. The predicted octanol–water partition coefficient (Wildman–Crippen LogP) is 8.53. The van der Waals surface area contributed by atoms with Crippen LogP contribution in [0.5, 0.6) is 0 Å². The van der Waals surface area contributed by atoms with E-state index in [0.717, 1.165) is 38.5 Å². The third kappa shape index (κ3) is 26.2. The molecule has 0 aromatic heterocycles. The highest BCUT2D eigenvalue weighted by atomic mass is 35.5. The Morgan fingerprint density at radius 3 is 0.933 bits per heavy atom. The van der Waals surface area contributed by atoms with Crippen LogP contribution in [-0.2, 0) is 18.8 Å². The smallest absolute Gasteiger partial charge is 0.248 e. The Hall–Kier alpha value is 0.160. The maximum Gasteiger partial charge on any atom is 0.399 e. The molecule has 0 saturated carbocycles. The van der Waals surface area contributed by atoms with Crippen LogP contribution in [-0.4, -0.2) is 21.6 Å². The van der Waals surface area contributed by atoms with Gasteiger partial charge in [0.1, 0.15) is 0 Å². The van der Waals surface area contributed by atoms with Gasteiger partial charge in [-0.05, 0) is 12.8 Å². The largest absolute Gasteiger partial charge is 0.399 e. The van der Waals surface area contributed by atoms with Crippen LogP contribution >= 0.6 is 12.4 Å². The van der Waals surface area contributed by atoms with Crippen molar-refractivity contribution in [1.82, 2.24) is 0 Å². The van der Waals surface area contributed by atoms with E-state index in [1.807, 2.05) is 0 Å². The van der Waals surface area contributed by atoms with Gasteiger partial charge in [-0.2, -0.15) is 8.42 Å². The highest BCUT2D eigenvalue weighted by Gasteiger charge is 2.11. The van der Waals surface area contributed by atoms with E-state index < -0.39 is 10.4 Å². The van der Waals surface area contributed by atoms with Gasteiger partial charge >= 0.3 is 10.4 Å². The monoisotopic (exact) mass is 470 g/mol. The number of unbranched alkanes of at least 4 members (excludes halogenated alkanes) is 18. The molecular formula is C24H51ClO4S. The fourth-order valence-corrected chi connectivity index (χ4v) is 4.25. The lowest BCUT2D eigenvalue weighted by molar-refractivity contribution is 0.208. The van der Waals surface area contributed by atoms with Crippen LogP contribution < -0.4 is 0 Å². The van der Waals surface area contributed by atoms with E-state index in [1.165, 1.54) is 89.9 Å². The molecule has 0 amide bonds. The molecule has 30 heavy (non-hydrogen) atoms. The van der Waals surface area contributed by atoms with Crippen molar-refractivity contribution >= 4 is 22.8 Å². The molecule has 0 aliphatic carbocycles. The van der Waals surface area contributed by atoms with Gasteiger partial charge in [0.15, 0.2) is 0 Å². The first-order valence-corrected chi connectivity index (χ1v) is 14.0. The van der Waals surface area contributed by atoms with Gasteiger partial charge in [0.2, 0.25) is 0 Å². The Kier molecular flexibility index (Phi) is 27.4. The highest BCUT2D eigenvalue weighted by Crippen LogP contribution is 2.12. The third-order valence-electron chi connectivity index (χ3n) is 5.45. The van der Waals surface area contributed by atoms with Gasteiger partial charge in [0, 0.05) is 0 Å². The molecular weight excluding hydrogens is 420 g/mol. The molecule has 0 spiro atoms. The molecule has 0 aromatic rings. The van der Waals surface area contributed by atoms with Gasteiger partial charge in [0.25, 0.3) is 0 Å². The first-order chi connectivity index (χ1) is 14.1. The fraction of sp³-hybridized carbons (Fsp3) is 1.00. The lowest BCUT2D eigenvalue weighted by Gasteiger charge is -2.06. The number of halogens is 1. The van der Waals surface area contributed by atoms with Crippen LogP contribution in [0.25, 0.3) is 0 Å². The number of hydrogen-bond acceptors (Lipinski definition) is 4. The molecule has 184 valence electrons. The number of rotatable bonds is 24. The standard InChI is InChI=1S/C24H50O4S.ClH/c1-3-5-7-9-11-13-15-17-19-21-23-27-29(25,26)28-24-22-20-18-16-14-12-10-8-6-4-2;/h3-24H2,1-2H3;1H. The molecule has 0 aliphatic rings. The Labute approximate surface area is 195 Å². The van der Waals surface area contributed by atoms with Crippen molar-refractivity contribution in [2.24, 2.45) is 0 Å².